The van der Waals surface area contributed by atoms with Crippen LogP contribution in [0.15, 0.2) is 76.8 Å². The third-order valence-electron chi connectivity index (χ3n) is 4.87. The van der Waals surface area contributed by atoms with Crippen molar-refractivity contribution in [2.24, 2.45) is 0 Å². The first-order valence-corrected chi connectivity index (χ1v) is 10.7. The number of unbranched alkanes of at least 4 members (excludes halogenated alkanes) is 2. The van der Waals surface area contributed by atoms with Gasteiger partial charge < -0.3 is 15.1 Å². The fourth-order valence-electron chi connectivity index (χ4n) is 3.17. The van der Waals surface area contributed by atoms with Crippen LogP contribution in [0.5, 0.6) is 0 Å². The zero-order valence-electron chi connectivity index (χ0n) is 18.2. The van der Waals surface area contributed by atoms with Crippen LogP contribution in [0.2, 0.25) is 0 Å². The standard InChI is InChI=1S/C25H25N3O5/c1-2-3-9-16-26-25(30)21(27-24(29)18-10-5-4-6-11-18)17-19-14-15-23(33-19)20-12-7-8-13-22(20)28(31)32/h4-8,10-15,17H,2-3,9,16H2,1H3,(H,26,30)(H,27,29)/b21-17-. The zero-order valence-corrected chi connectivity index (χ0v) is 18.2. The monoisotopic (exact) mass is 447 g/mol. The van der Waals surface area contributed by atoms with Crippen LogP contribution < -0.4 is 10.6 Å². The number of benzene rings is 2. The van der Waals surface area contributed by atoms with Crippen LogP contribution in [-0.4, -0.2) is 23.3 Å². The highest BCUT2D eigenvalue weighted by Crippen LogP contribution is 2.31. The second-order valence-corrected chi connectivity index (χ2v) is 7.32. The van der Waals surface area contributed by atoms with Gasteiger partial charge in [-0.1, -0.05) is 50.1 Å². The number of carbonyl (C=O) groups is 2. The summed E-state index contributed by atoms with van der Waals surface area (Å²) < 4.78 is 5.76. The van der Waals surface area contributed by atoms with Gasteiger partial charge in [-0.05, 0) is 36.8 Å². The molecule has 0 radical (unpaired) electrons. The zero-order chi connectivity index (χ0) is 23.6. The number of hydrogen-bond donors (Lipinski definition) is 2. The Labute approximate surface area is 191 Å². The summed E-state index contributed by atoms with van der Waals surface area (Å²) in [5, 5.41) is 16.8. The number of para-hydroxylation sites is 1. The molecule has 8 nitrogen and oxygen atoms in total. The number of nitrogens with one attached hydrogen (secondary N) is 2. The van der Waals surface area contributed by atoms with Gasteiger partial charge in [-0.15, -0.1) is 0 Å². The van der Waals surface area contributed by atoms with Crippen LogP contribution in [-0.2, 0) is 4.79 Å². The molecule has 3 rings (SSSR count). The lowest BCUT2D eigenvalue weighted by molar-refractivity contribution is -0.384. The molecule has 1 aromatic heterocycles. The highest BCUT2D eigenvalue weighted by Gasteiger charge is 2.18. The Bertz CT molecular complexity index is 1150. The fourth-order valence-corrected chi connectivity index (χ4v) is 3.17. The Morgan fingerprint density at radius 2 is 1.73 bits per heavy atom. The predicted molar refractivity (Wildman–Crippen MR) is 125 cm³/mol. The van der Waals surface area contributed by atoms with E-state index in [0.29, 0.717) is 17.7 Å². The molecule has 0 saturated heterocycles. The van der Waals surface area contributed by atoms with E-state index in [0.717, 1.165) is 19.3 Å². The smallest absolute Gasteiger partial charge is 0.280 e. The average molecular weight is 447 g/mol. The summed E-state index contributed by atoms with van der Waals surface area (Å²) >= 11 is 0. The minimum atomic E-state index is -0.484. The highest BCUT2D eigenvalue weighted by molar-refractivity contribution is 6.05. The van der Waals surface area contributed by atoms with E-state index in [1.807, 2.05) is 0 Å². The molecule has 0 aliphatic rings. The maximum absolute atomic E-state index is 12.8. The topological polar surface area (TPSA) is 114 Å². The van der Waals surface area contributed by atoms with E-state index in [1.165, 1.54) is 12.1 Å². The van der Waals surface area contributed by atoms with Crippen molar-refractivity contribution < 1.29 is 18.9 Å². The maximum atomic E-state index is 12.8. The van der Waals surface area contributed by atoms with Crippen molar-refractivity contribution in [3.63, 3.8) is 0 Å². The van der Waals surface area contributed by atoms with Crippen molar-refractivity contribution in [3.05, 3.63) is 93.9 Å². The lowest BCUT2D eigenvalue weighted by Gasteiger charge is -2.10. The average Bonchev–Trinajstić information content (AvgIpc) is 3.30. The van der Waals surface area contributed by atoms with E-state index < -0.39 is 16.7 Å². The number of rotatable bonds is 10. The number of carbonyl (C=O) groups excluding carboxylic acids is 2. The number of hydrogen-bond acceptors (Lipinski definition) is 5. The van der Waals surface area contributed by atoms with Gasteiger partial charge in [0.05, 0.1) is 10.5 Å². The molecular formula is C25H25N3O5. The van der Waals surface area contributed by atoms with Gasteiger partial charge in [-0.25, -0.2) is 0 Å². The van der Waals surface area contributed by atoms with Gasteiger partial charge in [0.15, 0.2) is 0 Å². The van der Waals surface area contributed by atoms with Crippen molar-refractivity contribution in [1.82, 2.24) is 10.6 Å². The number of amides is 2. The molecule has 8 heteroatoms. The second-order valence-electron chi connectivity index (χ2n) is 7.32. The summed E-state index contributed by atoms with van der Waals surface area (Å²) in [6.45, 7) is 2.55. The van der Waals surface area contributed by atoms with E-state index in [2.05, 4.69) is 17.6 Å². The van der Waals surface area contributed by atoms with Gasteiger partial charge in [-0.3, -0.25) is 19.7 Å². The van der Waals surface area contributed by atoms with Gasteiger partial charge in [-0.2, -0.15) is 0 Å². The molecule has 2 N–H and O–H groups in total. The summed E-state index contributed by atoms with van der Waals surface area (Å²) in [6.07, 6.45) is 4.23. The largest absolute Gasteiger partial charge is 0.456 e. The third kappa shape index (κ3) is 6.39. The van der Waals surface area contributed by atoms with E-state index in [-0.39, 0.29) is 22.9 Å². The van der Waals surface area contributed by atoms with Crippen LogP contribution in [0.3, 0.4) is 0 Å². The van der Waals surface area contributed by atoms with Crippen LogP contribution in [0.4, 0.5) is 5.69 Å². The molecule has 2 amide bonds. The van der Waals surface area contributed by atoms with Gasteiger partial charge >= 0.3 is 0 Å². The Morgan fingerprint density at radius 3 is 2.45 bits per heavy atom. The minimum absolute atomic E-state index is 0.0174. The molecule has 0 atom stereocenters. The van der Waals surface area contributed by atoms with Crippen LogP contribution in [0.1, 0.15) is 42.3 Å². The van der Waals surface area contributed by atoms with Crippen molar-refractivity contribution in [3.8, 4) is 11.3 Å². The number of nitrogens with zero attached hydrogens (tertiary/aromatic N) is 1. The lowest BCUT2D eigenvalue weighted by Crippen LogP contribution is -2.35. The quantitative estimate of drug-likeness (QED) is 0.198. The number of furan rings is 1. The number of nitro benzene ring substituents is 1. The Kier molecular flexibility index (Phi) is 8.13. The molecule has 1 heterocycles. The lowest BCUT2D eigenvalue weighted by atomic mass is 10.1. The van der Waals surface area contributed by atoms with E-state index in [4.69, 9.17) is 4.42 Å². The first-order valence-electron chi connectivity index (χ1n) is 10.7. The normalized spacial score (nSPS) is 11.1. The fraction of sp³-hybridized carbons (Fsp3) is 0.200. The molecule has 0 spiro atoms. The molecule has 0 bridgehead atoms. The third-order valence-corrected chi connectivity index (χ3v) is 4.87. The minimum Gasteiger partial charge on any atom is -0.456 e. The van der Waals surface area contributed by atoms with Gasteiger partial charge in [0.25, 0.3) is 17.5 Å². The van der Waals surface area contributed by atoms with Crippen molar-refractivity contribution in [1.29, 1.82) is 0 Å². The Morgan fingerprint density at radius 1 is 1.00 bits per heavy atom. The molecular weight excluding hydrogens is 422 g/mol. The molecule has 33 heavy (non-hydrogen) atoms. The molecule has 0 fully saturated rings. The van der Waals surface area contributed by atoms with Gasteiger partial charge in [0, 0.05) is 24.3 Å². The van der Waals surface area contributed by atoms with Crippen molar-refractivity contribution >= 4 is 23.6 Å². The maximum Gasteiger partial charge on any atom is 0.280 e. The van der Waals surface area contributed by atoms with Crippen molar-refractivity contribution in [2.75, 3.05) is 6.54 Å². The summed E-state index contributed by atoms with van der Waals surface area (Å²) in [5.41, 5.74) is 0.653. The summed E-state index contributed by atoms with van der Waals surface area (Å²) in [7, 11) is 0. The summed E-state index contributed by atoms with van der Waals surface area (Å²) in [6, 6.07) is 17.9. The summed E-state index contributed by atoms with van der Waals surface area (Å²) in [5.74, 6) is -0.323. The summed E-state index contributed by atoms with van der Waals surface area (Å²) in [4.78, 5) is 36.2. The molecule has 2 aromatic carbocycles. The number of nitro groups is 1. The predicted octanol–water partition coefficient (Wildman–Crippen LogP) is 4.93. The highest BCUT2D eigenvalue weighted by atomic mass is 16.6. The van der Waals surface area contributed by atoms with Crippen molar-refractivity contribution in [2.45, 2.75) is 26.2 Å². The molecule has 0 saturated carbocycles. The van der Waals surface area contributed by atoms with E-state index >= 15 is 0 Å². The Hall–Kier alpha value is -4.20. The molecule has 0 unspecified atom stereocenters. The molecule has 3 aromatic rings. The molecule has 0 aliphatic heterocycles. The van der Waals surface area contributed by atoms with E-state index in [1.54, 1.807) is 60.7 Å². The first kappa shape index (κ1) is 23.5. The second kappa shape index (κ2) is 11.4. The molecule has 170 valence electrons. The SMILES string of the molecule is CCCCCNC(=O)/C(=C/c1ccc(-c2ccccc2[N+](=O)[O-])o1)NC(=O)c1ccccc1. The van der Waals surface area contributed by atoms with Crippen LogP contribution in [0, 0.1) is 10.1 Å². The van der Waals surface area contributed by atoms with E-state index in [9.17, 15) is 19.7 Å². The van der Waals surface area contributed by atoms with Gasteiger partial charge in [0.1, 0.15) is 17.2 Å². The first-order chi connectivity index (χ1) is 16.0. The van der Waals surface area contributed by atoms with Crippen LogP contribution in [0.25, 0.3) is 17.4 Å². The van der Waals surface area contributed by atoms with Crippen LogP contribution >= 0.6 is 0 Å². The molecule has 0 aliphatic carbocycles. The Balaban J connectivity index is 1.87. The van der Waals surface area contributed by atoms with Gasteiger partial charge in [0.2, 0.25) is 0 Å².